The molecule has 9 heteroatoms. The van der Waals surface area contributed by atoms with E-state index in [1.165, 1.54) is 12.1 Å². The van der Waals surface area contributed by atoms with Gasteiger partial charge in [-0.2, -0.15) is 18.3 Å². The summed E-state index contributed by atoms with van der Waals surface area (Å²) in [5.74, 6) is 0.671. The maximum atomic E-state index is 13.0. The van der Waals surface area contributed by atoms with E-state index in [9.17, 15) is 13.2 Å². The van der Waals surface area contributed by atoms with Crippen molar-refractivity contribution >= 4 is 24.0 Å². The fourth-order valence-electron chi connectivity index (χ4n) is 2.58. The Morgan fingerprint density at radius 3 is 2.48 bits per heavy atom. The third kappa shape index (κ3) is 5.00. The van der Waals surface area contributed by atoms with Crippen LogP contribution >= 0.6 is 24.0 Å². The van der Waals surface area contributed by atoms with Crippen molar-refractivity contribution in [3.05, 3.63) is 58.6 Å². The lowest BCUT2D eigenvalue weighted by Gasteiger charge is -2.10. The molecule has 27 heavy (non-hydrogen) atoms. The Labute approximate surface area is 165 Å². The van der Waals surface area contributed by atoms with E-state index in [-0.39, 0.29) is 28.8 Å². The van der Waals surface area contributed by atoms with Gasteiger partial charge in [-0.3, -0.25) is 5.10 Å². The molecule has 1 N–H and O–H groups in total. The molecule has 3 aromatic rings. The molecule has 0 saturated heterocycles. The second-order valence-electron chi connectivity index (χ2n) is 6.14. The van der Waals surface area contributed by atoms with E-state index < -0.39 is 11.7 Å². The summed E-state index contributed by atoms with van der Waals surface area (Å²) in [5, 5.41) is 6.48. The molecule has 0 atom stereocenters. The molecular formula is C18H17Cl2F3N4. The molecule has 3 rings (SSSR count). The van der Waals surface area contributed by atoms with Crippen molar-refractivity contribution in [3.63, 3.8) is 0 Å². The van der Waals surface area contributed by atoms with Gasteiger partial charge in [0.05, 0.1) is 10.6 Å². The number of aromatic nitrogens is 3. The molecule has 0 unspecified atom stereocenters. The van der Waals surface area contributed by atoms with Crippen LogP contribution in [0.3, 0.4) is 0 Å². The van der Waals surface area contributed by atoms with Crippen LogP contribution in [0.25, 0.3) is 22.8 Å². The summed E-state index contributed by atoms with van der Waals surface area (Å²) in [6.07, 6.45) is -4.53. The molecule has 1 aromatic heterocycles. The monoisotopic (exact) mass is 416 g/mol. The Hall–Kier alpha value is -2.09. The summed E-state index contributed by atoms with van der Waals surface area (Å²) in [6.45, 7) is 0.761. The zero-order chi connectivity index (χ0) is 18.9. The van der Waals surface area contributed by atoms with Crippen LogP contribution in [0.15, 0.2) is 42.5 Å². The number of alkyl halides is 3. The summed E-state index contributed by atoms with van der Waals surface area (Å²) in [6, 6.07) is 11.4. The van der Waals surface area contributed by atoms with Crippen LogP contribution in [0.4, 0.5) is 13.2 Å². The number of hydrogen-bond acceptors (Lipinski definition) is 3. The lowest BCUT2D eigenvalue weighted by atomic mass is 10.1. The molecule has 0 radical (unpaired) electrons. The minimum Gasteiger partial charge on any atom is -0.305 e. The van der Waals surface area contributed by atoms with Crippen molar-refractivity contribution in [3.8, 4) is 22.8 Å². The van der Waals surface area contributed by atoms with Crippen molar-refractivity contribution in [2.24, 2.45) is 0 Å². The Morgan fingerprint density at radius 2 is 1.81 bits per heavy atom. The van der Waals surface area contributed by atoms with E-state index in [1.807, 2.05) is 43.3 Å². The largest absolute Gasteiger partial charge is 0.417 e. The van der Waals surface area contributed by atoms with Gasteiger partial charge in [0, 0.05) is 17.7 Å². The highest BCUT2D eigenvalue weighted by Crippen LogP contribution is 2.36. The predicted molar refractivity (Wildman–Crippen MR) is 102 cm³/mol. The van der Waals surface area contributed by atoms with Crippen LogP contribution in [0, 0.1) is 0 Å². The number of hydrogen-bond donors (Lipinski definition) is 1. The second kappa shape index (κ2) is 8.29. The van der Waals surface area contributed by atoms with Crippen LogP contribution in [-0.2, 0) is 12.7 Å². The highest BCUT2D eigenvalue weighted by molar-refractivity contribution is 6.31. The van der Waals surface area contributed by atoms with E-state index in [0.717, 1.165) is 23.7 Å². The molecule has 0 saturated carbocycles. The van der Waals surface area contributed by atoms with Crippen molar-refractivity contribution in [2.75, 3.05) is 14.1 Å². The number of rotatable bonds is 4. The van der Waals surface area contributed by atoms with Gasteiger partial charge < -0.3 is 4.90 Å². The van der Waals surface area contributed by atoms with Gasteiger partial charge in [0.1, 0.15) is 0 Å². The third-order valence-corrected chi connectivity index (χ3v) is 4.04. The lowest BCUT2D eigenvalue weighted by molar-refractivity contribution is -0.137. The minimum atomic E-state index is -4.53. The molecule has 2 aromatic carbocycles. The first kappa shape index (κ1) is 21.2. The third-order valence-electron chi connectivity index (χ3n) is 3.71. The number of H-pyrrole nitrogens is 1. The van der Waals surface area contributed by atoms with E-state index in [4.69, 9.17) is 11.6 Å². The van der Waals surface area contributed by atoms with E-state index in [2.05, 4.69) is 15.2 Å². The summed E-state index contributed by atoms with van der Waals surface area (Å²) < 4.78 is 39.1. The fourth-order valence-corrected chi connectivity index (χ4v) is 2.81. The average Bonchev–Trinajstić information content (AvgIpc) is 3.04. The van der Waals surface area contributed by atoms with Crippen LogP contribution in [0.5, 0.6) is 0 Å². The van der Waals surface area contributed by atoms with Crippen molar-refractivity contribution in [1.82, 2.24) is 20.1 Å². The first-order valence-electron chi connectivity index (χ1n) is 7.77. The highest BCUT2D eigenvalue weighted by Gasteiger charge is 2.33. The Balaban J connectivity index is 0.00000261. The number of aromatic amines is 1. The topological polar surface area (TPSA) is 44.8 Å². The molecule has 0 amide bonds. The summed E-state index contributed by atoms with van der Waals surface area (Å²) >= 11 is 5.66. The van der Waals surface area contributed by atoms with Gasteiger partial charge in [-0.1, -0.05) is 29.8 Å². The van der Waals surface area contributed by atoms with Crippen molar-refractivity contribution in [2.45, 2.75) is 12.7 Å². The zero-order valence-electron chi connectivity index (χ0n) is 14.5. The predicted octanol–water partition coefficient (Wildman–Crippen LogP) is 5.29. The van der Waals surface area contributed by atoms with Crippen LogP contribution in [-0.4, -0.2) is 34.2 Å². The van der Waals surface area contributed by atoms with Crippen molar-refractivity contribution < 1.29 is 13.2 Å². The standard InChI is InChI=1S/C18H16ClF3N4.ClH/c1-26(2)10-11-4-3-5-12(8-11)16-23-17(25-24-16)13-6-7-15(19)14(9-13)18(20,21)22;/h3-9H,10H2,1-2H3,(H,23,24,25);1H. The minimum absolute atomic E-state index is 0. The van der Waals surface area contributed by atoms with Gasteiger partial charge in [-0.05, 0) is 43.9 Å². The molecule has 1 heterocycles. The molecular weight excluding hydrogens is 400 g/mol. The first-order chi connectivity index (χ1) is 12.2. The average molecular weight is 417 g/mol. The highest BCUT2D eigenvalue weighted by atomic mass is 35.5. The van der Waals surface area contributed by atoms with Gasteiger partial charge in [0.15, 0.2) is 11.6 Å². The van der Waals surface area contributed by atoms with Gasteiger partial charge in [0.2, 0.25) is 0 Å². The molecule has 144 valence electrons. The van der Waals surface area contributed by atoms with E-state index in [0.29, 0.717) is 5.82 Å². The summed E-state index contributed by atoms with van der Waals surface area (Å²) in [4.78, 5) is 6.37. The molecule has 4 nitrogen and oxygen atoms in total. The Kier molecular flexibility index (Phi) is 6.51. The summed E-state index contributed by atoms with van der Waals surface area (Å²) in [5.41, 5.74) is 1.24. The maximum absolute atomic E-state index is 13.0. The number of benzene rings is 2. The maximum Gasteiger partial charge on any atom is 0.417 e. The van der Waals surface area contributed by atoms with Gasteiger partial charge >= 0.3 is 6.18 Å². The molecule has 0 fully saturated rings. The molecule has 0 aliphatic carbocycles. The first-order valence-corrected chi connectivity index (χ1v) is 8.15. The van der Waals surface area contributed by atoms with E-state index >= 15 is 0 Å². The Bertz CT molecular complexity index is 923. The van der Waals surface area contributed by atoms with Crippen LogP contribution in [0.1, 0.15) is 11.1 Å². The second-order valence-corrected chi connectivity index (χ2v) is 6.55. The Morgan fingerprint density at radius 1 is 1.07 bits per heavy atom. The molecule has 0 aliphatic heterocycles. The van der Waals surface area contributed by atoms with Gasteiger partial charge in [-0.15, -0.1) is 12.4 Å². The quantitative estimate of drug-likeness (QED) is 0.627. The van der Waals surface area contributed by atoms with Gasteiger partial charge in [0.25, 0.3) is 0 Å². The summed E-state index contributed by atoms with van der Waals surface area (Å²) in [7, 11) is 3.94. The molecule has 0 bridgehead atoms. The molecule has 0 spiro atoms. The smallest absolute Gasteiger partial charge is 0.305 e. The number of nitrogens with one attached hydrogen (secondary N) is 1. The lowest BCUT2D eigenvalue weighted by Crippen LogP contribution is -2.10. The number of halogens is 5. The van der Waals surface area contributed by atoms with E-state index in [1.54, 1.807) is 0 Å². The fraction of sp³-hybridized carbons (Fsp3) is 0.222. The number of nitrogens with zero attached hydrogens (tertiary/aromatic N) is 3. The van der Waals surface area contributed by atoms with Crippen LogP contribution < -0.4 is 0 Å². The van der Waals surface area contributed by atoms with Crippen LogP contribution in [0.2, 0.25) is 5.02 Å². The molecule has 0 aliphatic rings. The normalized spacial score (nSPS) is 11.5. The SMILES string of the molecule is CN(C)Cc1cccc(-c2n[nH]c(-c3ccc(Cl)c(C(F)(F)F)c3)n2)c1.Cl. The van der Waals surface area contributed by atoms with Gasteiger partial charge in [-0.25, -0.2) is 4.98 Å². The zero-order valence-corrected chi connectivity index (χ0v) is 16.1. The van der Waals surface area contributed by atoms with Crippen molar-refractivity contribution in [1.29, 1.82) is 0 Å².